The van der Waals surface area contributed by atoms with Crippen molar-refractivity contribution in [3.63, 3.8) is 0 Å². The third-order valence-electron chi connectivity index (χ3n) is 6.00. The quantitative estimate of drug-likeness (QED) is 0.691. The summed E-state index contributed by atoms with van der Waals surface area (Å²) in [6.07, 6.45) is 0.565. The fraction of sp³-hybridized carbons (Fsp3) is 0.400. The molecule has 2 aliphatic rings. The van der Waals surface area contributed by atoms with Gasteiger partial charge in [-0.3, -0.25) is 9.69 Å². The first-order valence-electron chi connectivity index (χ1n) is 10.6. The van der Waals surface area contributed by atoms with Crippen LogP contribution >= 0.6 is 0 Å². The zero-order valence-corrected chi connectivity index (χ0v) is 17.6. The number of hydrogen-bond donors (Lipinski definition) is 2. The molecule has 0 aromatic heterocycles. The zero-order chi connectivity index (χ0) is 21.3. The van der Waals surface area contributed by atoms with Crippen molar-refractivity contribution in [1.29, 1.82) is 0 Å². The van der Waals surface area contributed by atoms with Crippen molar-refractivity contribution in [1.82, 2.24) is 4.90 Å². The summed E-state index contributed by atoms with van der Waals surface area (Å²) in [7, 11) is 0. The number of Topliss-reactive ketones (excluding diaryl/α,β-unsaturated/α-hetero) is 1. The average Bonchev–Trinajstić information content (AvgIpc) is 3.29. The molecule has 0 saturated carbocycles. The molecule has 0 spiro atoms. The molecule has 0 fully saturated rings. The molecule has 5 heteroatoms. The number of benzene rings is 2. The third-order valence-corrected chi connectivity index (χ3v) is 6.00. The second-order valence-corrected chi connectivity index (χ2v) is 8.42. The Morgan fingerprint density at radius 3 is 2.67 bits per heavy atom. The van der Waals surface area contributed by atoms with E-state index < -0.39 is 6.10 Å². The lowest BCUT2D eigenvalue weighted by molar-refractivity contribution is -0.112. The Balaban J connectivity index is 1.54. The van der Waals surface area contributed by atoms with Gasteiger partial charge in [0.15, 0.2) is 5.78 Å². The normalized spacial score (nSPS) is 18.7. The van der Waals surface area contributed by atoms with E-state index in [9.17, 15) is 9.90 Å². The highest BCUT2D eigenvalue weighted by Gasteiger charge is 2.32. The number of fused-ring (bicyclic) bond motifs is 2. The maximum absolute atomic E-state index is 12.7. The Labute approximate surface area is 177 Å². The van der Waals surface area contributed by atoms with Gasteiger partial charge >= 0.3 is 0 Å². The van der Waals surface area contributed by atoms with Crippen LogP contribution in [0, 0.1) is 0 Å². The van der Waals surface area contributed by atoms with Crippen LogP contribution in [-0.4, -0.2) is 52.7 Å². The second kappa shape index (κ2) is 8.72. The van der Waals surface area contributed by atoms with Crippen LogP contribution in [0.5, 0.6) is 0 Å². The Hall–Kier alpha value is -2.47. The van der Waals surface area contributed by atoms with Gasteiger partial charge in [0, 0.05) is 36.7 Å². The van der Waals surface area contributed by atoms with Crippen molar-refractivity contribution < 1.29 is 19.7 Å². The Morgan fingerprint density at radius 2 is 1.90 bits per heavy atom. The van der Waals surface area contributed by atoms with Crippen LogP contribution in [0.4, 0.5) is 0 Å². The minimum absolute atomic E-state index is 0.123. The van der Waals surface area contributed by atoms with E-state index in [4.69, 9.17) is 9.84 Å². The summed E-state index contributed by atoms with van der Waals surface area (Å²) < 4.78 is 6.01. The van der Waals surface area contributed by atoms with E-state index in [-0.39, 0.29) is 18.4 Å². The number of allylic oxidation sites excluding steroid dienone is 1. The van der Waals surface area contributed by atoms with Crippen molar-refractivity contribution >= 4 is 17.1 Å². The van der Waals surface area contributed by atoms with Gasteiger partial charge in [-0.25, -0.2) is 0 Å². The standard InChI is InChI=1S/C25H29NO4/c1-16(2)26(13-20(28)14-27)10-9-17-7-8-22-19(11-17)15-30-25(22)24-21-6-4-3-5-18(21)12-23(24)29/h3-8,11,16,20,27-28H,9-10,12-15H2,1-2H3/b25-24+/t20-/m1/s1. The first-order chi connectivity index (χ1) is 14.5. The first-order valence-corrected chi connectivity index (χ1v) is 10.6. The predicted molar refractivity (Wildman–Crippen MR) is 117 cm³/mol. The molecule has 2 N–H and O–H groups in total. The lowest BCUT2D eigenvalue weighted by atomic mass is 9.98. The van der Waals surface area contributed by atoms with Gasteiger partial charge in [-0.15, -0.1) is 0 Å². The first kappa shape index (κ1) is 20.8. The summed E-state index contributed by atoms with van der Waals surface area (Å²) in [5.74, 6) is 0.833. The van der Waals surface area contributed by atoms with Gasteiger partial charge in [-0.2, -0.15) is 0 Å². The number of ether oxygens (including phenoxy) is 1. The topological polar surface area (TPSA) is 70.0 Å². The Bertz CT molecular complexity index is 979. The van der Waals surface area contributed by atoms with Crippen molar-refractivity contribution in [3.8, 4) is 0 Å². The molecule has 1 heterocycles. The van der Waals surface area contributed by atoms with Crippen LogP contribution < -0.4 is 0 Å². The van der Waals surface area contributed by atoms with Crippen molar-refractivity contribution in [3.05, 3.63) is 70.3 Å². The van der Waals surface area contributed by atoms with Crippen LogP contribution in [0.25, 0.3) is 11.3 Å². The molecule has 4 rings (SSSR count). The maximum atomic E-state index is 12.7. The molecule has 158 valence electrons. The molecule has 0 bridgehead atoms. The van der Waals surface area contributed by atoms with E-state index in [1.807, 2.05) is 24.3 Å². The molecule has 2 aromatic carbocycles. The van der Waals surface area contributed by atoms with E-state index >= 15 is 0 Å². The van der Waals surface area contributed by atoms with Crippen LogP contribution in [0.1, 0.15) is 41.7 Å². The van der Waals surface area contributed by atoms with Gasteiger partial charge in [0.05, 0.1) is 18.3 Å². The molecule has 1 aliphatic heterocycles. The van der Waals surface area contributed by atoms with Crippen LogP contribution in [0.2, 0.25) is 0 Å². The molecular weight excluding hydrogens is 378 g/mol. The number of carbonyl (C=O) groups excluding carboxylic acids is 1. The zero-order valence-electron chi connectivity index (χ0n) is 17.6. The number of aliphatic hydroxyl groups is 2. The molecule has 2 aromatic rings. The minimum atomic E-state index is -0.721. The number of hydrogen-bond acceptors (Lipinski definition) is 5. The summed E-state index contributed by atoms with van der Waals surface area (Å²) in [6, 6.07) is 14.6. The molecule has 1 atom stereocenters. The highest BCUT2D eigenvalue weighted by Crippen LogP contribution is 2.40. The van der Waals surface area contributed by atoms with E-state index in [2.05, 4.69) is 36.9 Å². The highest BCUT2D eigenvalue weighted by molar-refractivity contribution is 6.31. The molecule has 1 aliphatic carbocycles. The maximum Gasteiger partial charge on any atom is 0.171 e. The van der Waals surface area contributed by atoms with Gasteiger partial charge in [0.1, 0.15) is 12.4 Å². The summed E-state index contributed by atoms with van der Waals surface area (Å²) in [5.41, 5.74) is 6.09. The highest BCUT2D eigenvalue weighted by atomic mass is 16.5. The van der Waals surface area contributed by atoms with Gasteiger partial charge in [-0.1, -0.05) is 42.5 Å². The molecule has 0 amide bonds. The van der Waals surface area contributed by atoms with E-state index in [1.165, 1.54) is 5.56 Å². The van der Waals surface area contributed by atoms with Crippen LogP contribution in [0.15, 0.2) is 42.5 Å². The molecule has 0 unspecified atom stereocenters. The summed E-state index contributed by atoms with van der Waals surface area (Å²) in [6.45, 7) is 5.70. The van der Waals surface area contributed by atoms with Gasteiger partial charge in [-0.05, 0) is 37.0 Å². The number of aliphatic hydroxyl groups excluding tert-OH is 2. The van der Waals surface area contributed by atoms with Crippen LogP contribution in [0.3, 0.4) is 0 Å². The van der Waals surface area contributed by atoms with Crippen molar-refractivity contribution in [2.75, 3.05) is 19.7 Å². The summed E-state index contributed by atoms with van der Waals surface area (Å²) in [5, 5.41) is 18.9. The SMILES string of the molecule is CC(C)N(CCc1ccc2c(c1)CO/C2=C1/C(=O)Cc2ccccc21)C[C@@H](O)CO. The largest absolute Gasteiger partial charge is 0.487 e. The monoisotopic (exact) mass is 407 g/mol. The van der Waals surface area contributed by atoms with E-state index in [1.54, 1.807) is 0 Å². The Kier molecular flexibility index (Phi) is 6.04. The fourth-order valence-electron chi connectivity index (χ4n) is 4.32. The van der Waals surface area contributed by atoms with E-state index in [0.29, 0.717) is 30.9 Å². The molecule has 5 nitrogen and oxygen atoms in total. The third kappa shape index (κ3) is 4.06. The number of carbonyl (C=O) groups is 1. The van der Waals surface area contributed by atoms with Gasteiger partial charge in [0.2, 0.25) is 0 Å². The van der Waals surface area contributed by atoms with Crippen LogP contribution in [-0.2, 0) is 29.0 Å². The average molecular weight is 408 g/mol. The van der Waals surface area contributed by atoms with Crippen molar-refractivity contribution in [2.45, 2.75) is 45.4 Å². The summed E-state index contributed by atoms with van der Waals surface area (Å²) >= 11 is 0. The molecule has 0 saturated heterocycles. The van der Waals surface area contributed by atoms with Crippen molar-refractivity contribution in [2.24, 2.45) is 0 Å². The van der Waals surface area contributed by atoms with Gasteiger partial charge in [0.25, 0.3) is 0 Å². The van der Waals surface area contributed by atoms with Gasteiger partial charge < -0.3 is 14.9 Å². The fourth-order valence-corrected chi connectivity index (χ4v) is 4.32. The Morgan fingerprint density at radius 1 is 1.10 bits per heavy atom. The number of ketones is 1. The number of nitrogens with zero attached hydrogens (tertiary/aromatic N) is 1. The predicted octanol–water partition coefficient (Wildman–Crippen LogP) is 2.82. The smallest absolute Gasteiger partial charge is 0.171 e. The second-order valence-electron chi connectivity index (χ2n) is 8.42. The van der Waals surface area contributed by atoms with E-state index in [0.717, 1.165) is 35.2 Å². The summed E-state index contributed by atoms with van der Waals surface area (Å²) in [4.78, 5) is 14.8. The minimum Gasteiger partial charge on any atom is -0.487 e. The molecule has 0 radical (unpaired) electrons. The lowest BCUT2D eigenvalue weighted by Gasteiger charge is -2.28. The molecular formula is C25H29NO4. The number of rotatable bonds is 7. The lowest BCUT2D eigenvalue weighted by Crippen LogP contribution is -2.40. The molecule has 30 heavy (non-hydrogen) atoms.